The number of hydrogen-bond acceptors (Lipinski definition) is 3. The maximum absolute atomic E-state index is 9.48. The first-order valence-corrected chi connectivity index (χ1v) is 7.74. The van der Waals surface area contributed by atoms with Gasteiger partial charge in [-0.15, -0.1) is 11.8 Å². The van der Waals surface area contributed by atoms with Gasteiger partial charge in [0.2, 0.25) is 0 Å². The number of nitrogens with two attached hydrogens (primary N) is 1. The van der Waals surface area contributed by atoms with Gasteiger partial charge in [0.05, 0.1) is 0 Å². The van der Waals surface area contributed by atoms with E-state index in [0.29, 0.717) is 5.92 Å². The highest BCUT2D eigenvalue weighted by molar-refractivity contribution is 7.99. The lowest BCUT2D eigenvalue weighted by atomic mass is 9.85. The Kier molecular flexibility index (Phi) is 4.71. The smallest absolute Gasteiger partial charge is 0.0479 e. The molecular formula is C15H23NOS. The Morgan fingerprint density at radius 2 is 2.17 bits per heavy atom. The topological polar surface area (TPSA) is 46.2 Å². The molecule has 0 saturated heterocycles. The molecule has 1 heterocycles. The number of thioether (sulfide) groups is 1. The summed E-state index contributed by atoms with van der Waals surface area (Å²) in [5.41, 5.74) is 8.92. The summed E-state index contributed by atoms with van der Waals surface area (Å²) in [6.45, 7) is 4.40. The zero-order valence-corrected chi connectivity index (χ0v) is 12.0. The lowest BCUT2D eigenvalue weighted by Crippen LogP contribution is -2.28. The molecule has 3 heteroatoms. The van der Waals surface area contributed by atoms with Crippen molar-refractivity contribution in [1.82, 2.24) is 0 Å². The van der Waals surface area contributed by atoms with E-state index in [4.69, 9.17) is 5.73 Å². The summed E-state index contributed by atoms with van der Waals surface area (Å²) >= 11 is 1.94. The minimum Gasteiger partial charge on any atom is -0.396 e. The van der Waals surface area contributed by atoms with Crippen LogP contribution in [0.1, 0.15) is 37.4 Å². The zero-order chi connectivity index (χ0) is 13.1. The highest BCUT2D eigenvalue weighted by Gasteiger charge is 2.23. The molecule has 0 saturated carbocycles. The summed E-state index contributed by atoms with van der Waals surface area (Å²) in [6.07, 6.45) is 2.42. The molecule has 2 unspecified atom stereocenters. The Morgan fingerprint density at radius 1 is 1.39 bits per heavy atom. The van der Waals surface area contributed by atoms with Crippen molar-refractivity contribution in [2.45, 2.75) is 37.6 Å². The molecule has 2 rings (SSSR count). The summed E-state index contributed by atoms with van der Waals surface area (Å²) in [5.74, 6) is 1.76. The fourth-order valence-electron chi connectivity index (χ4n) is 2.57. The molecule has 1 aromatic carbocycles. The van der Waals surface area contributed by atoms with Gasteiger partial charge in [0.15, 0.2) is 0 Å². The first kappa shape index (κ1) is 13.9. The number of hydrogen-bond donors (Lipinski definition) is 2. The highest BCUT2D eigenvalue weighted by Crippen LogP contribution is 2.33. The van der Waals surface area contributed by atoms with Gasteiger partial charge in [0.1, 0.15) is 0 Å². The third-order valence-electron chi connectivity index (χ3n) is 3.85. The zero-order valence-electron chi connectivity index (χ0n) is 11.2. The lowest BCUT2D eigenvalue weighted by Gasteiger charge is -2.27. The van der Waals surface area contributed by atoms with Gasteiger partial charge < -0.3 is 10.8 Å². The molecular weight excluding hydrogens is 242 g/mol. The van der Waals surface area contributed by atoms with Gasteiger partial charge in [-0.1, -0.05) is 26.0 Å². The molecule has 1 aromatic rings. The van der Waals surface area contributed by atoms with E-state index in [1.165, 1.54) is 28.2 Å². The molecule has 0 amide bonds. The Bertz CT molecular complexity index is 405. The predicted molar refractivity (Wildman–Crippen MR) is 77.8 cm³/mol. The molecule has 100 valence electrons. The van der Waals surface area contributed by atoms with Crippen LogP contribution in [-0.4, -0.2) is 17.5 Å². The number of benzene rings is 1. The van der Waals surface area contributed by atoms with Crippen LogP contribution in [-0.2, 0) is 6.42 Å². The van der Waals surface area contributed by atoms with Crippen LogP contribution in [0.25, 0.3) is 0 Å². The average Bonchev–Trinajstić information content (AvgIpc) is 2.38. The van der Waals surface area contributed by atoms with Gasteiger partial charge in [0.25, 0.3) is 0 Å². The second-order valence-electron chi connectivity index (χ2n) is 5.44. The summed E-state index contributed by atoms with van der Waals surface area (Å²) in [4.78, 5) is 1.40. The van der Waals surface area contributed by atoms with E-state index < -0.39 is 0 Å². The second kappa shape index (κ2) is 6.09. The predicted octanol–water partition coefficient (Wildman–Crippen LogP) is 2.99. The SMILES string of the molecule is CC(C)C(CO)C(N)c1ccc2c(c1)CCCS2. The van der Waals surface area contributed by atoms with Crippen LogP contribution in [0, 0.1) is 11.8 Å². The fraction of sp³-hybridized carbons (Fsp3) is 0.600. The minimum absolute atomic E-state index is 0.0628. The maximum Gasteiger partial charge on any atom is 0.0479 e. The molecule has 0 fully saturated rings. The maximum atomic E-state index is 9.48. The summed E-state index contributed by atoms with van der Waals surface area (Å²) in [6, 6.07) is 6.51. The molecule has 3 N–H and O–H groups in total. The molecule has 18 heavy (non-hydrogen) atoms. The first-order chi connectivity index (χ1) is 8.63. The monoisotopic (exact) mass is 265 g/mol. The third kappa shape index (κ3) is 2.90. The second-order valence-corrected chi connectivity index (χ2v) is 6.57. The van der Waals surface area contributed by atoms with Crippen molar-refractivity contribution in [3.8, 4) is 0 Å². The van der Waals surface area contributed by atoms with E-state index in [1.54, 1.807) is 0 Å². The Labute approximate surface area is 114 Å². The van der Waals surface area contributed by atoms with Crippen LogP contribution < -0.4 is 5.73 Å². The third-order valence-corrected chi connectivity index (χ3v) is 5.05. The van der Waals surface area contributed by atoms with Crippen LogP contribution >= 0.6 is 11.8 Å². The fourth-order valence-corrected chi connectivity index (χ4v) is 3.59. The van der Waals surface area contributed by atoms with Crippen molar-refractivity contribution in [2.75, 3.05) is 12.4 Å². The summed E-state index contributed by atoms with van der Waals surface area (Å²) < 4.78 is 0. The number of rotatable bonds is 4. The average molecular weight is 265 g/mol. The number of aliphatic hydroxyl groups excluding tert-OH is 1. The standard InChI is InChI=1S/C15H23NOS/c1-10(2)13(9-17)15(16)12-5-6-14-11(8-12)4-3-7-18-14/h5-6,8,10,13,15,17H,3-4,7,9,16H2,1-2H3. The van der Waals surface area contributed by atoms with Gasteiger partial charge in [-0.2, -0.15) is 0 Å². The van der Waals surface area contributed by atoms with Crippen LogP contribution in [0.3, 0.4) is 0 Å². The summed E-state index contributed by atoms with van der Waals surface area (Å²) in [5, 5.41) is 9.48. The molecule has 1 aliphatic rings. The van der Waals surface area contributed by atoms with Crippen molar-refractivity contribution in [1.29, 1.82) is 0 Å². The minimum atomic E-state index is -0.0628. The lowest BCUT2D eigenvalue weighted by molar-refractivity contribution is 0.166. The van der Waals surface area contributed by atoms with E-state index >= 15 is 0 Å². The molecule has 2 atom stereocenters. The number of aliphatic hydroxyl groups is 1. The van der Waals surface area contributed by atoms with Gasteiger partial charge >= 0.3 is 0 Å². The Balaban J connectivity index is 2.22. The quantitative estimate of drug-likeness (QED) is 0.880. The van der Waals surface area contributed by atoms with Crippen molar-refractivity contribution in [3.05, 3.63) is 29.3 Å². The van der Waals surface area contributed by atoms with Crippen molar-refractivity contribution in [2.24, 2.45) is 17.6 Å². The molecule has 0 aromatic heterocycles. The van der Waals surface area contributed by atoms with E-state index in [-0.39, 0.29) is 18.6 Å². The number of aryl methyl sites for hydroxylation is 1. The van der Waals surface area contributed by atoms with Gasteiger partial charge in [-0.25, -0.2) is 0 Å². The molecule has 0 bridgehead atoms. The molecule has 0 radical (unpaired) electrons. The van der Waals surface area contributed by atoms with Gasteiger partial charge in [0, 0.05) is 23.5 Å². The van der Waals surface area contributed by atoms with Crippen LogP contribution in [0.5, 0.6) is 0 Å². The first-order valence-electron chi connectivity index (χ1n) is 6.75. The molecule has 0 aliphatic carbocycles. The largest absolute Gasteiger partial charge is 0.396 e. The van der Waals surface area contributed by atoms with Gasteiger partial charge in [-0.3, -0.25) is 0 Å². The Morgan fingerprint density at radius 3 is 2.83 bits per heavy atom. The van der Waals surface area contributed by atoms with Crippen LogP contribution in [0.15, 0.2) is 23.1 Å². The van der Waals surface area contributed by atoms with Crippen molar-refractivity contribution < 1.29 is 5.11 Å². The molecule has 0 spiro atoms. The highest BCUT2D eigenvalue weighted by atomic mass is 32.2. The van der Waals surface area contributed by atoms with E-state index in [0.717, 1.165) is 6.42 Å². The molecule has 1 aliphatic heterocycles. The van der Waals surface area contributed by atoms with E-state index in [2.05, 4.69) is 32.0 Å². The normalized spacial score (nSPS) is 18.5. The van der Waals surface area contributed by atoms with Crippen molar-refractivity contribution >= 4 is 11.8 Å². The van der Waals surface area contributed by atoms with Gasteiger partial charge in [-0.05, 0) is 41.7 Å². The van der Waals surface area contributed by atoms with E-state index in [9.17, 15) is 5.11 Å². The van der Waals surface area contributed by atoms with Crippen LogP contribution in [0.2, 0.25) is 0 Å². The molecule has 2 nitrogen and oxygen atoms in total. The van der Waals surface area contributed by atoms with Crippen molar-refractivity contribution in [3.63, 3.8) is 0 Å². The number of fused-ring (bicyclic) bond motifs is 1. The Hall–Kier alpha value is -0.510. The van der Waals surface area contributed by atoms with E-state index in [1.807, 2.05) is 11.8 Å². The summed E-state index contributed by atoms with van der Waals surface area (Å²) in [7, 11) is 0. The van der Waals surface area contributed by atoms with Crippen LogP contribution in [0.4, 0.5) is 0 Å².